The highest BCUT2D eigenvalue weighted by Crippen LogP contribution is 2.35. The molecule has 0 saturated heterocycles. The van der Waals surface area contributed by atoms with Crippen LogP contribution in [0, 0.1) is 0 Å². The maximum atomic E-state index is 13.0. The lowest BCUT2D eigenvalue weighted by Crippen LogP contribution is -2.28. The summed E-state index contributed by atoms with van der Waals surface area (Å²) in [7, 11) is 5.17. The Kier molecular flexibility index (Phi) is 5.11. The van der Waals surface area contributed by atoms with Gasteiger partial charge in [0.15, 0.2) is 5.16 Å². The molecule has 0 unspecified atom stereocenters. The minimum absolute atomic E-state index is 0.0472. The minimum Gasteiger partial charge on any atom is -0.348 e. The van der Waals surface area contributed by atoms with E-state index in [-0.39, 0.29) is 11.5 Å². The maximum Gasteiger partial charge on any atom is 0.261 e. The van der Waals surface area contributed by atoms with E-state index in [1.165, 1.54) is 16.3 Å². The van der Waals surface area contributed by atoms with Gasteiger partial charge in [-0.25, -0.2) is 4.98 Å². The van der Waals surface area contributed by atoms with Gasteiger partial charge in [-0.05, 0) is 28.5 Å². The van der Waals surface area contributed by atoms with Gasteiger partial charge >= 0.3 is 0 Å². The van der Waals surface area contributed by atoms with Crippen LogP contribution in [0.25, 0.3) is 21.7 Å². The van der Waals surface area contributed by atoms with Crippen LogP contribution in [0.1, 0.15) is 10.8 Å². The van der Waals surface area contributed by atoms with Crippen molar-refractivity contribution in [3.63, 3.8) is 0 Å². The van der Waals surface area contributed by atoms with Gasteiger partial charge in [-0.15, -0.1) is 0 Å². The predicted molar refractivity (Wildman–Crippen MR) is 118 cm³/mol. The Labute approximate surface area is 173 Å². The average Bonchev–Trinajstić information content (AvgIpc) is 2.74. The van der Waals surface area contributed by atoms with Crippen LogP contribution in [-0.2, 0) is 11.8 Å². The molecule has 146 valence electrons. The molecule has 0 bridgehead atoms. The van der Waals surface area contributed by atoms with Crippen LogP contribution in [0.4, 0.5) is 0 Å². The normalized spacial score (nSPS) is 12.2. The Morgan fingerprint density at radius 1 is 1.00 bits per heavy atom. The quantitative estimate of drug-likeness (QED) is 0.294. The number of amides is 1. The second-order valence-electron chi connectivity index (χ2n) is 7.12. The highest BCUT2D eigenvalue weighted by molar-refractivity contribution is 8.00. The Bertz CT molecular complexity index is 1270. The summed E-state index contributed by atoms with van der Waals surface area (Å²) in [4.78, 5) is 32.2. The number of aromatic nitrogens is 2. The zero-order valence-electron chi connectivity index (χ0n) is 16.5. The summed E-state index contributed by atoms with van der Waals surface area (Å²) < 4.78 is 1.53. The molecule has 0 aliphatic carbocycles. The highest BCUT2D eigenvalue weighted by Gasteiger charge is 2.25. The van der Waals surface area contributed by atoms with Gasteiger partial charge in [0.25, 0.3) is 5.56 Å². The topological polar surface area (TPSA) is 55.2 Å². The lowest BCUT2D eigenvalue weighted by atomic mass is 10.1. The largest absolute Gasteiger partial charge is 0.348 e. The first kappa shape index (κ1) is 19.2. The summed E-state index contributed by atoms with van der Waals surface area (Å²) in [5, 5.41) is 2.64. The molecule has 1 heterocycles. The molecule has 0 saturated carbocycles. The van der Waals surface area contributed by atoms with E-state index in [1.807, 2.05) is 66.7 Å². The molecule has 0 fully saturated rings. The molecule has 1 atom stereocenters. The van der Waals surface area contributed by atoms with Gasteiger partial charge < -0.3 is 4.90 Å². The molecule has 0 aliphatic rings. The smallest absolute Gasteiger partial charge is 0.261 e. The van der Waals surface area contributed by atoms with Crippen molar-refractivity contribution < 1.29 is 4.79 Å². The zero-order chi connectivity index (χ0) is 20.5. The van der Waals surface area contributed by atoms with E-state index in [4.69, 9.17) is 4.98 Å². The number of hydrogen-bond donors (Lipinski definition) is 0. The van der Waals surface area contributed by atoms with Crippen molar-refractivity contribution >= 4 is 39.3 Å². The van der Waals surface area contributed by atoms with Gasteiger partial charge in [0, 0.05) is 21.1 Å². The second-order valence-corrected chi connectivity index (χ2v) is 8.19. The van der Waals surface area contributed by atoms with Crippen LogP contribution in [0.15, 0.2) is 76.7 Å². The van der Waals surface area contributed by atoms with Crippen molar-refractivity contribution in [2.45, 2.75) is 10.4 Å². The van der Waals surface area contributed by atoms with E-state index in [9.17, 15) is 9.59 Å². The maximum absolute atomic E-state index is 13.0. The molecule has 1 aromatic heterocycles. The van der Waals surface area contributed by atoms with Crippen LogP contribution in [0.2, 0.25) is 0 Å². The number of thioether (sulfide) groups is 1. The molecule has 1 amide bonds. The second kappa shape index (κ2) is 7.72. The average molecular weight is 404 g/mol. The number of carbonyl (C=O) groups excluding carboxylic acids is 1. The number of nitrogens with zero attached hydrogens (tertiary/aromatic N) is 3. The summed E-state index contributed by atoms with van der Waals surface area (Å²) in [6, 6.07) is 21.3. The van der Waals surface area contributed by atoms with Crippen LogP contribution < -0.4 is 5.56 Å². The molecule has 0 aliphatic heterocycles. The molecule has 5 nitrogen and oxygen atoms in total. The molecule has 3 aromatic carbocycles. The van der Waals surface area contributed by atoms with E-state index >= 15 is 0 Å². The van der Waals surface area contributed by atoms with E-state index in [2.05, 4.69) is 0 Å². The van der Waals surface area contributed by atoms with Crippen molar-refractivity contribution in [2.24, 2.45) is 7.05 Å². The summed E-state index contributed by atoms with van der Waals surface area (Å²) in [6.07, 6.45) is 0. The summed E-state index contributed by atoms with van der Waals surface area (Å²) in [5.41, 5.74) is 1.40. The number of benzene rings is 3. The van der Waals surface area contributed by atoms with E-state index < -0.39 is 5.25 Å². The summed E-state index contributed by atoms with van der Waals surface area (Å²) in [6.45, 7) is 0. The van der Waals surface area contributed by atoms with Crippen molar-refractivity contribution in [3.8, 4) is 0 Å². The number of likely N-dealkylation sites (N-methyl/N-ethyl adjacent to an activating group) is 1. The van der Waals surface area contributed by atoms with Gasteiger partial charge in [-0.3, -0.25) is 14.2 Å². The van der Waals surface area contributed by atoms with Crippen LogP contribution in [0.5, 0.6) is 0 Å². The van der Waals surface area contributed by atoms with Crippen molar-refractivity contribution in [3.05, 3.63) is 82.6 Å². The van der Waals surface area contributed by atoms with Crippen LogP contribution in [-0.4, -0.2) is 34.5 Å². The Morgan fingerprint density at radius 2 is 1.62 bits per heavy atom. The zero-order valence-corrected chi connectivity index (χ0v) is 17.3. The first-order valence-electron chi connectivity index (χ1n) is 9.28. The molecule has 0 spiro atoms. The Morgan fingerprint density at radius 3 is 2.28 bits per heavy atom. The monoisotopic (exact) mass is 403 g/mol. The number of hydrogen-bond acceptors (Lipinski definition) is 4. The van der Waals surface area contributed by atoms with Crippen LogP contribution >= 0.6 is 11.8 Å². The van der Waals surface area contributed by atoms with Crippen molar-refractivity contribution in [2.75, 3.05) is 14.1 Å². The third-order valence-electron chi connectivity index (χ3n) is 4.89. The molecule has 6 heteroatoms. The number of rotatable bonds is 4. The molecule has 29 heavy (non-hydrogen) atoms. The van der Waals surface area contributed by atoms with Crippen molar-refractivity contribution in [1.29, 1.82) is 0 Å². The molecule has 4 rings (SSSR count). The lowest BCUT2D eigenvalue weighted by Gasteiger charge is -2.21. The molecular weight excluding hydrogens is 382 g/mol. The summed E-state index contributed by atoms with van der Waals surface area (Å²) in [5.74, 6) is -0.0472. The standard InChI is InChI=1S/C23H21N3O2S/c1-25(2)22(28)20(15-9-5-4-6-10-15)29-23-24-19-14-17-12-8-7-11-16(17)13-18(19)21(27)26(23)3/h4-14,20H,1-3H3/t20-/m0/s1. The van der Waals surface area contributed by atoms with E-state index in [0.29, 0.717) is 16.1 Å². The summed E-state index contributed by atoms with van der Waals surface area (Å²) >= 11 is 1.30. The first-order valence-corrected chi connectivity index (χ1v) is 10.2. The fraction of sp³-hybridized carbons (Fsp3) is 0.174. The fourth-order valence-electron chi connectivity index (χ4n) is 3.27. The van der Waals surface area contributed by atoms with Gasteiger partial charge in [-0.1, -0.05) is 66.4 Å². The molecule has 4 aromatic rings. The molecule has 0 radical (unpaired) electrons. The molecular formula is C23H21N3O2S. The minimum atomic E-state index is -0.484. The van der Waals surface area contributed by atoms with Crippen molar-refractivity contribution in [1.82, 2.24) is 14.5 Å². The first-order chi connectivity index (χ1) is 14.0. The Hall–Kier alpha value is -3.12. The van der Waals surface area contributed by atoms with Gasteiger partial charge in [0.2, 0.25) is 5.91 Å². The van der Waals surface area contributed by atoms with Gasteiger partial charge in [0.1, 0.15) is 5.25 Å². The third kappa shape index (κ3) is 3.63. The Balaban J connectivity index is 1.85. The van der Waals surface area contributed by atoms with Crippen LogP contribution in [0.3, 0.4) is 0 Å². The lowest BCUT2D eigenvalue weighted by molar-refractivity contribution is -0.128. The number of fused-ring (bicyclic) bond motifs is 2. The SMILES string of the molecule is CN(C)C(=O)[C@@H](Sc1nc2cc3ccccc3cc2c(=O)n1C)c1ccccc1. The third-order valence-corrected chi connectivity index (χ3v) is 6.18. The highest BCUT2D eigenvalue weighted by atomic mass is 32.2. The van der Waals surface area contributed by atoms with E-state index in [0.717, 1.165) is 16.3 Å². The predicted octanol–water partition coefficient (Wildman–Crippen LogP) is 4.01. The van der Waals surface area contributed by atoms with E-state index in [1.54, 1.807) is 26.0 Å². The molecule has 0 N–H and O–H groups in total. The fourth-order valence-corrected chi connectivity index (χ4v) is 4.48. The number of carbonyl (C=O) groups is 1. The van der Waals surface area contributed by atoms with Gasteiger partial charge in [-0.2, -0.15) is 0 Å². The van der Waals surface area contributed by atoms with Gasteiger partial charge in [0.05, 0.1) is 10.9 Å².